The molecule has 0 aliphatic carbocycles. The van der Waals surface area contributed by atoms with Crippen molar-refractivity contribution in [3.05, 3.63) is 83.8 Å². The largest absolute Gasteiger partial charge is 0.573 e. The van der Waals surface area contributed by atoms with Gasteiger partial charge in [-0.1, -0.05) is 12.1 Å². The van der Waals surface area contributed by atoms with Gasteiger partial charge in [-0.25, -0.2) is 4.39 Å². The summed E-state index contributed by atoms with van der Waals surface area (Å²) in [5.41, 5.74) is 2.02. The van der Waals surface area contributed by atoms with Crippen LogP contribution in [0.3, 0.4) is 0 Å². The van der Waals surface area contributed by atoms with Gasteiger partial charge in [0.2, 0.25) is 0 Å². The Kier molecular flexibility index (Phi) is 5.28. The maximum absolute atomic E-state index is 13.0. The lowest BCUT2D eigenvalue weighted by Gasteiger charge is -2.09. The number of benzene rings is 2. The zero-order valence-corrected chi connectivity index (χ0v) is 15.7. The van der Waals surface area contributed by atoms with Gasteiger partial charge in [-0.2, -0.15) is 0 Å². The Morgan fingerprint density at radius 2 is 1.68 bits per heavy atom. The van der Waals surface area contributed by atoms with E-state index in [0.717, 1.165) is 5.56 Å². The molecule has 4 rings (SSSR count). The fourth-order valence-corrected chi connectivity index (χ4v) is 2.91. The van der Waals surface area contributed by atoms with Crippen LogP contribution in [-0.2, 0) is 6.54 Å². The van der Waals surface area contributed by atoms with Crippen molar-refractivity contribution in [2.75, 3.05) is 0 Å². The molecular formula is C21H14F4N4O2. The molecule has 2 aromatic carbocycles. The summed E-state index contributed by atoms with van der Waals surface area (Å²) in [6, 6.07) is 14.1. The summed E-state index contributed by atoms with van der Waals surface area (Å²) < 4.78 is 55.4. The maximum Gasteiger partial charge on any atom is 0.573 e. The standard InChI is InChI=1S/C21H14F4N4O2/c22-16-6-1-13(2-7-16)11-26-20(30)15-5-10-18-27-28-19(29(18)12-15)14-3-8-17(9-4-14)31-21(23,24)25/h1-10,12H,11H2,(H,26,30). The second kappa shape index (κ2) is 8.05. The van der Waals surface area contributed by atoms with E-state index >= 15 is 0 Å². The molecule has 6 nitrogen and oxygen atoms in total. The first-order chi connectivity index (χ1) is 14.8. The minimum Gasteiger partial charge on any atom is -0.406 e. The molecule has 0 bridgehead atoms. The number of fused-ring (bicyclic) bond motifs is 1. The first-order valence-electron chi connectivity index (χ1n) is 9.02. The SMILES string of the molecule is O=C(NCc1ccc(F)cc1)c1ccc2nnc(-c3ccc(OC(F)(F)F)cc3)n2c1. The number of nitrogens with one attached hydrogen (secondary N) is 1. The van der Waals surface area contributed by atoms with Crippen molar-refractivity contribution in [2.45, 2.75) is 12.9 Å². The zero-order chi connectivity index (χ0) is 22.0. The summed E-state index contributed by atoms with van der Waals surface area (Å²) in [5, 5.41) is 10.8. The Balaban J connectivity index is 1.54. The molecule has 0 atom stereocenters. The summed E-state index contributed by atoms with van der Waals surface area (Å²) in [4.78, 5) is 12.5. The van der Waals surface area contributed by atoms with E-state index in [-0.39, 0.29) is 24.0 Å². The molecule has 0 aliphatic heterocycles. The third-order valence-electron chi connectivity index (χ3n) is 4.38. The Morgan fingerprint density at radius 1 is 0.968 bits per heavy atom. The molecule has 1 N–H and O–H groups in total. The van der Waals surface area contributed by atoms with E-state index in [2.05, 4.69) is 20.3 Å². The van der Waals surface area contributed by atoms with Gasteiger partial charge >= 0.3 is 6.36 Å². The van der Waals surface area contributed by atoms with Crippen LogP contribution in [0.1, 0.15) is 15.9 Å². The van der Waals surface area contributed by atoms with Crippen molar-refractivity contribution in [3.8, 4) is 17.1 Å². The number of rotatable bonds is 5. The number of carbonyl (C=O) groups excluding carboxylic acids is 1. The number of nitrogens with zero attached hydrogens (tertiary/aromatic N) is 3. The number of halogens is 4. The van der Waals surface area contributed by atoms with E-state index in [9.17, 15) is 22.4 Å². The monoisotopic (exact) mass is 430 g/mol. The van der Waals surface area contributed by atoms with E-state index in [0.29, 0.717) is 22.6 Å². The van der Waals surface area contributed by atoms with Crippen LogP contribution in [0.2, 0.25) is 0 Å². The molecule has 0 fully saturated rings. The van der Waals surface area contributed by atoms with E-state index < -0.39 is 6.36 Å². The molecule has 0 saturated heterocycles. The van der Waals surface area contributed by atoms with E-state index in [1.54, 1.807) is 28.7 Å². The van der Waals surface area contributed by atoms with Gasteiger partial charge in [0.1, 0.15) is 11.6 Å². The van der Waals surface area contributed by atoms with Crippen molar-refractivity contribution >= 4 is 11.6 Å². The van der Waals surface area contributed by atoms with Crippen LogP contribution in [0.5, 0.6) is 5.75 Å². The molecule has 31 heavy (non-hydrogen) atoms. The minimum absolute atomic E-state index is 0.215. The Bertz CT molecular complexity index is 1220. The van der Waals surface area contributed by atoms with Crippen molar-refractivity contribution in [1.29, 1.82) is 0 Å². The summed E-state index contributed by atoms with van der Waals surface area (Å²) in [6.07, 6.45) is -3.25. The lowest BCUT2D eigenvalue weighted by atomic mass is 10.2. The maximum atomic E-state index is 13.0. The van der Waals surface area contributed by atoms with Crippen molar-refractivity contribution in [2.24, 2.45) is 0 Å². The minimum atomic E-state index is -4.78. The summed E-state index contributed by atoms with van der Waals surface area (Å²) in [6.45, 7) is 0.215. The molecule has 4 aromatic rings. The molecular weight excluding hydrogens is 416 g/mol. The average Bonchev–Trinajstić information content (AvgIpc) is 3.16. The first-order valence-corrected chi connectivity index (χ1v) is 9.02. The fraction of sp³-hybridized carbons (Fsp3) is 0.0952. The molecule has 10 heteroatoms. The van der Waals surface area contributed by atoms with Gasteiger partial charge in [0.05, 0.1) is 5.56 Å². The van der Waals surface area contributed by atoms with Crippen LogP contribution in [0, 0.1) is 5.82 Å². The van der Waals surface area contributed by atoms with E-state index in [1.165, 1.54) is 42.6 Å². The van der Waals surface area contributed by atoms with Crippen molar-refractivity contribution in [1.82, 2.24) is 19.9 Å². The average molecular weight is 430 g/mol. The summed E-state index contributed by atoms with van der Waals surface area (Å²) >= 11 is 0. The van der Waals surface area contributed by atoms with Crippen LogP contribution in [0.4, 0.5) is 17.6 Å². The normalized spacial score (nSPS) is 11.5. The molecule has 158 valence electrons. The van der Waals surface area contributed by atoms with Crippen LogP contribution >= 0.6 is 0 Å². The van der Waals surface area contributed by atoms with E-state index in [1.807, 2.05) is 0 Å². The Labute approximate surface area is 173 Å². The Hall–Kier alpha value is -3.95. The van der Waals surface area contributed by atoms with E-state index in [4.69, 9.17) is 0 Å². The predicted molar refractivity (Wildman–Crippen MR) is 103 cm³/mol. The third-order valence-corrected chi connectivity index (χ3v) is 4.38. The van der Waals surface area contributed by atoms with Crippen LogP contribution in [-0.4, -0.2) is 26.9 Å². The first kappa shape index (κ1) is 20.3. The number of hydrogen-bond acceptors (Lipinski definition) is 4. The van der Waals surface area contributed by atoms with Gasteiger partial charge in [0.15, 0.2) is 11.5 Å². The highest BCUT2D eigenvalue weighted by Crippen LogP contribution is 2.26. The summed E-state index contributed by atoms with van der Waals surface area (Å²) in [5.74, 6) is -0.730. The lowest BCUT2D eigenvalue weighted by molar-refractivity contribution is -0.274. The number of pyridine rings is 1. The highest BCUT2D eigenvalue weighted by atomic mass is 19.4. The van der Waals surface area contributed by atoms with Gasteiger partial charge < -0.3 is 10.1 Å². The van der Waals surface area contributed by atoms with Crippen molar-refractivity contribution in [3.63, 3.8) is 0 Å². The van der Waals surface area contributed by atoms with Gasteiger partial charge in [0, 0.05) is 18.3 Å². The van der Waals surface area contributed by atoms with Crippen LogP contribution < -0.4 is 10.1 Å². The number of alkyl halides is 3. The summed E-state index contributed by atoms with van der Waals surface area (Å²) in [7, 11) is 0. The van der Waals surface area contributed by atoms with Crippen LogP contribution in [0.15, 0.2) is 66.9 Å². The van der Waals surface area contributed by atoms with Gasteiger partial charge in [-0.05, 0) is 54.1 Å². The highest BCUT2D eigenvalue weighted by molar-refractivity contribution is 5.94. The molecule has 2 heterocycles. The topological polar surface area (TPSA) is 68.5 Å². The van der Waals surface area contributed by atoms with Gasteiger partial charge in [0.25, 0.3) is 5.91 Å². The number of aromatic nitrogens is 3. The molecule has 2 aromatic heterocycles. The van der Waals surface area contributed by atoms with Gasteiger partial charge in [-0.15, -0.1) is 23.4 Å². The Morgan fingerprint density at radius 3 is 2.35 bits per heavy atom. The number of amides is 1. The molecule has 0 radical (unpaired) electrons. The molecule has 0 spiro atoms. The van der Waals surface area contributed by atoms with Crippen molar-refractivity contribution < 1.29 is 27.1 Å². The number of hydrogen-bond donors (Lipinski definition) is 1. The van der Waals surface area contributed by atoms with Gasteiger partial charge in [-0.3, -0.25) is 9.20 Å². The number of ether oxygens (including phenoxy) is 1. The quantitative estimate of drug-likeness (QED) is 0.478. The molecule has 1 amide bonds. The second-order valence-corrected chi connectivity index (χ2v) is 6.55. The number of carbonyl (C=O) groups is 1. The lowest BCUT2D eigenvalue weighted by Crippen LogP contribution is -2.23. The zero-order valence-electron chi connectivity index (χ0n) is 15.7. The molecule has 0 unspecified atom stereocenters. The highest BCUT2D eigenvalue weighted by Gasteiger charge is 2.31. The molecule has 0 saturated carbocycles. The fourth-order valence-electron chi connectivity index (χ4n) is 2.91. The van der Waals surface area contributed by atoms with Crippen LogP contribution in [0.25, 0.3) is 17.0 Å². The third kappa shape index (κ3) is 4.80. The smallest absolute Gasteiger partial charge is 0.406 e. The second-order valence-electron chi connectivity index (χ2n) is 6.55. The predicted octanol–water partition coefficient (Wildman–Crippen LogP) is 4.36. The molecule has 0 aliphatic rings.